The Balaban J connectivity index is 1.67. The number of aliphatic carboxylic acids is 1. The van der Waals surface area contributed by atoms with Crippen LogP contribution in [0.1, 0.15) is 25.0 Å². The zero-order valence-corrected chi connectivity index (χ0v) is 21.2. The third-order valence-electron chi connectivity index (χ3n) is 6.39. The molecule has 14 heteroatoms. The van der Waals surface area contributed by atoms with Crippen molar-refractivity contribution in [2.45, 2.75) is 57.4 Å². The number of phenolic OH excluding ortho intramolecular Hbond substituents is 2. The molecule has 3 rings (SSSR count). The number of hydrogen-bond acceptors (Lipinski definition) is 11. The number of carbonyl (C=O) groups is 1. The standard InChI is InChI=1S/C24H30O13S/c1-11(7-13-4-6-17(16(26)9-13)37-38(32,33)34)12(2)8-14-3-5-15(25)18(10-14)35-24-21(29)19(27)20(28)22(36-24)23(30)31/h3-6,9-12,19-22,24-29H,7-8H2,1-2H3,(H,30,31)(H,32,33,34)/t11?,12?,19-,20-,21+,22-,24+/m1/s1. The summed E-state index contributed by atoms with van der Waals surface area (Å²) >= 11 is 0. The van der Waals surface area contributed by atoms with Gasteiger partial charge in [-0.1, -0.05) is 26.0 Å². The first-order valence-corrected chi connectivity index (χ1v) is 12.9. The highest BCUT2D eigenvalue weighted by molar-refractivity contribution is 7.81. The monoisotopic (exact) mass is 558 g/mol. The number of hydrogen-bond donors (Lipinski definition) is 7. The molecule has 1 aliphatic rings. The van der Waals surface area contributed by atoms with Crippen LogP contribution in [0.3, 0.4) is 0 Å². The van der Waals surface area contributed by atoms with Gasteiger partial charge in [0.1, 0.15) is 18.3 Å². The molecule has 2 unspecified atom stereocenters. The van der Waals surface area contributed by atoms with Crippen LogP contribution in [0.4, 0.5) is 0 Å². The van der Waals surface area contributed by atoms with Crippen molar-refractivity contribution in [1.82, 2.24) is 0 Å². The fourth-order valence-corrected chi connectivity index (χ4v) is 4.44. The molecule has 0 radical (unpaired) electrons. The predicted octanol–water partition coefficient (Wildman–Crippen LogP) is 0.608. The first kappa shape index (κ1) is 29.4. The first-order chi connectivity index (χ1) is 17.7. The Bertz CT molecular complexity index is 1250. The molecule has 1 saturated heterocycles. The summed E-state index contributed by atoms with van der Waals surface area (Å²) in [5.74, 6) is -2.76. The fraction of sp³-hybridized carbons (Fsp3) is 0.458. The Morgan fingerprint density at radius 1 is 0.895 bits per heavy atom. The van der Waals surface area contributed by atoms with Gasteiger partial charge in [0.25, 0.3) is 0 Å². The number of benzene rings is 2. The van der Waals surface area contributed by atoms with E-state index in [2.05, 4.69) is 4.18 Å². The Kier molecular flexibility index (Phi) is 9.07. The topological polar surface area (TPSA) is 221 Å². The van der Waals surface area contributed by atoms with E-state index in [9.17, 15) is 43.9 Å². The van der Waals surface area contributed by atoms with Gasteiger partial charge >= 0.3 is 16.4 Å². The van der Waals surface area contributed by atoms with E-state index < -0.39 is 58.6 Å². The summed E-state index contributed by atoms with van der Waals surface area (Å²) in [6.45, 7) is 3.93. The van der Waals surface area contributed by atoms with Crippen LogP contribution >= 0.6 is 0 Å². The van der Waals surface area contributed by atoms with Crippen molar-refractivity contribution in [1.29, 1.82) is 0 Å². The summed E-state index contributed by atoms with van der Waals surface area (Å²) in [5, 5.41) is 59.4. The molecule has 13 nitrogen and oxygen atoms in total. The van der Waals surface area contributed by atoms with Crippen LogP contribution in [0.5, 0.6) is 23.0 Å². The van der Waals surface area contributed by atoms with Crippen LogP contribution in [-0.4, -0.2) is 80.3 Å². The van der Waals surface area contributed by atoms with Gasteiger partial charge in [-0.05, 0) is 60.1 Å². The molecule has 0 aromatic heterocycles. The van der Waals surface area contributed by atoms with Gasteiger partial charge in [0.2, 0.25) is 6.29 Å². The number of ether oxygens (including phenoxy) is 2. The van der Waals surface area contributed by atoms with Gasteiger partial charge in [-0.3, -0.25) is 4.55 Å². The molecular formula is C24H30O13S. The molecule has 0 aliphatic carbocycles. The van der Waals surface area contributed by atoms with Crippen LogP contribution in [0.25, 0.3) is 0 Å². The van der Waals surface area contributed by atoms with E-state index in [-0.39, 0.29) is 23.3 Å². The van der Waals surface area contributed by atoms with Crippen LogP contribution < -0.4 is 8.92 Å². The molecule has 0 saturated carbocycles. The lowest BCUT2D eigenvalue weighted by molar-refractivity contribution is -0.271. The summed E-state index contributed by atoms with van der Waals surface area (Å²) < 4.78 is 45.4. The lowest BCUT2D eigenvalue weighted by Gasteiger charge is -2.38. The van der Waals surface area contributed by atoms with E-state index in [1.165, 1.54) is 24.3 Å². The largest absolute Gasteiger partial charge is 0.504 e. The predicted molar refractivity (Wildman–Crippen MR) is 129 cm³/mol. The van der Waals surface area contributed by atoms with Crippen molar-refractivity contribution in [3.8, 4) is 23.0 Å². The minimum Gasteiger partial charge on any atom is -0.504 e. The number of carboxylic acid groups (broad SMARTS) is 1. The van der Waals surface area contributed by atoms with Gasteiger partial charge < -0.3 is 44.3 Å². The number of aliphatic hydroxyl groups is 3. The minimum atomic E-state index is -4.77. The van der Waals surface area contributed by atoms with Crippen LogP contribution in [0, 0.1) is 11.8 Å². The normalized spacial score (nSPS) is 25.4. The Hall–Kier alpha value is -3.14. The van der Waals surface area contributed by atoms with Crippen molar-refractivity contribution < 1.29 is 62.1 Å². The van der Waals surface area contributed by atoms with Gasteiger partial charge in [-0.15, -0.1) is 0 Å². The Morgan fingerprint density at radius 3 is 2.03 bits per heavy atom. The molecule has 2 aromatic rings. The molecule has 0 amide bonds. The Morgan fingerprint density at radius 2 is 1.47 bits per heavy atom. The third kappa shape index (κ3) is 7.24. The summed E-state index contributed by atoms with van der Waals surface area (Å²) in [4.78, 5) is 11.3. The van der Waals surface area contributed by atoms with Crippen LogP contribution in [-0.2, 0) is 32.8 Å². The van der Waals surface area contributed by atoms with Crippen molar-refractivity contribution >= 4 is 16.4 Å². The number of aromatic hydroxyl groups is 2. The second-order valence-electron chi connectivity index (χ2n) is 9.33. The summed E-state index contributed by atoms with van der Waals surface area (Å²) in [6.07, 6.45) is -8.03. The molecule has 7 N–H and O–H groups in total. The van der Waals surface area contributed by atoms with Gasteiger partial charge in [-0.25, -0.2) is 4.79 Å². The molecule has 0 bridgehead atoms. The molecule has 7 atom stereocenters. The van der Waals surface area contributed by atoms with Crippen LogP contribution in [0.15, 0.2) is 36.4 Å². The molecule has 2 aromatic carbocycles. The number of carboxylic acids is 1. The maximum Gasteiger partial charge on any atom is 0.446 e. The van der Waals surface area contributed by atoms with Gasteiger partial charge in [0.15, 0.2) is 29.1 Å². The first-order valence-electron chi connectivity index (χ1n) is 11.6. The van der Waals surface area contributed by atoms with Gasteiger partial charge in [0.05, 0.1) is 0 Å². The average molecular weight is 559 g/mol. The number of phenols is 2. The van der Waals surface area contributed by atoms with Crippen LogP contribution in [0.2, 0.25) is 0 Å². The third-order valence-corrected chi connectivity index (χ3v) is 6.78. The lowest BCUT2D eigenvalue weighted by atomic mass is 9.85. The maximum atomic E-state index is 11.3. The summed E-state index contributed by atoms with van der Waals surface area (Å²) in [7, 11) is -4.77. The van der Waals surface area contributed by atoms with E-state index in [1.807, 2.05) is 13.8 Å². The Labute approximate surface area is 218 Å². The highest BCUT2D eigenvalue weighted by Gasteiger charge is 2.48. The van der Waals surface area contributed by atoms with E-state index >= 15 is 0 Å². The molecule has 210 valence electrons. The van der Waals surface area contributed by atoms with Crippen molar-refractivity contribution in [2.24, 2.45) is 11.8 Å². The van der Waals surface area contributed by atoms with E-state index in [1.54, 1.807) is 12.1 Å². The van der Waals surface area contributed by atoms with Crippen molar-refractivity contribution in [3.05, 3.63) is 47.5 Å². The smallest absolute Gasteiger partial charge is 0.446 e. The highest BCUT2D eigenvalue weighted by Crippen LogP contribution is 2.34. The molecule has 1 fully saturated rings. The zero-order valence-electron chi connectivity index (χ0n) is 20.4. The number of aliphatic hydroxyl groups excluding tert-OH is 3. The van der Waals surface area contributed by atoms with Crippen molar-refractivity contribution in [3.63, 3.8) is 0 Å². The molecular weight excluding hydrogens is 528 g/mol. The van der Waals surface area contributed by atoms with Gasteiger partial charge in [-0.2, -0.15) is 8.42 Å². The molecule has 38 heavy (non-hydrogen) atoms. The second kappa shape index (κ2) is 11.7. The fourth-order valence-electron chi connectivity index (χ4n) is 4.07. The minimum absolute atomic E-state index is 0.0492. The zero-order chi connectivity index (χ0) is 28.4. The van der Waals surface area contributed by atoms with Gasteiger partial charge in [0, 0.05) is 0 Å². The SMILES string of the molecule is CC(Cc1ccc(OS(=O)(=O)O)c(O)c1)C(C)Cc1ccc(O)c(O[C@H]2O[C@@H](C(=O)O)[C@H](O)[C@@H](O)[C@@H]2O)c1. The quantitative estimate of drug-likeness (QED) is 0.199. The summed E-state index contributed by atoms with van der Waals surface area (Å²) in [5.41, 5.74) is 1.41. The summed E-state index contributed by atoms with van der Waals surface area (Å²) in [6, 6.07) is 8.60. The lowest BCUT2D eigenvalue weighted by Crippen LogP contribution is -2.61. The molecule has 0 spiro atoms. The molecule has 1 heterocycles. The van der Waals surface area contributed by atoms with E-state index in [4.69, 9.17) is 14.0 Å². The number of rotatable bonds is 10. The van der Waals surface area contributed by atoms with Crippen molar-refractivity contribution in [2.75, 3.05) is 0 Å². The second-order valence-corrected chi connectivity index (χ2v) is 10.4. The van der Waals surface area contributed by atoms with E-state index in [0.29, 0.717) is 18.4 Å². The average Bonchev–Trinajstić information content (AvgIpc) is 2.82. The van der Waals surface area contributed by atoms with E-state index in [0.717, 1.165) is 5.56 Å². The molecule has 1 aliphatic heterocycles. The highest BCUT2D eigenvalue weighted by atomic mass is 32.3. The maximum absolute atomic E-state index is 11.3.